The molecule has 13 heavy (non-hydrogen) atoms. The van der Waals surface area contributed by atoms with Crippen LogP contribution < -0.4 is 5.46 Å². The molecule has 0 unspecified atom stereocenters. The van der Waals surface area contributed by atoms with Gasteiger partial charge < -0.3 is 9.31 Å². The summed E-state index contributed by atoms with van der Waals surface area (Å²) in [5.41, 5.74) is 0.920. The minimum absolute atomic E-state index is 0.276. The highest BCUT2D eigenvalue weighted by Crippen LogP contribution is 2.09. The van der Waals surface area contributed by atoms with E-state index in [2.05, 4.69) is 0 Å². The van der Waals surface area contributed by atoms with Crippen molar-refractivity contribution in [2.75, 3.05) is 13.2 Å². The molecule has 1 fully saturated rings. The van der Waals surface area contributed by atoms with Crippen LogP contribution in [0.3, 0.4) is 0 Å². The number of halogens is 1. The van der Waals surface area contributed by atoms with E-state index >= 15 is 0 Å². The Morgan fingerprint density at radius 1 is 1.15 bits per heavy atom. The van der Waals surface area contributed by atoms with E-state index in [1.54, 1.807) is 0 Å². The molecule has 1 aromatic rings. The van der Waals surface area contributed by atoms with Gasteiger partial charge in [0.2, 0.25) is 0 Å². The zero-order valence-electron chi connectivity index (χ0n) is 7.20. The zero-order valence-corrected chi connectivity index (χ0v) is 7.96. The van der Waals surface area contributed by atoms with Gasteiger partial charge in [-0.25, -0.2) is 0 Å². The first-order valence-electron chi connectivity index (χ1n) is 4.35. The topological polar surface area (TPSA) is 18.5 Å². The van der Waals surface area contributed by atoms with E-state index in [9.17, 15) is 0 Å². The molecule has 1 aliphatic rings. The van der Waals surface area contributed by atoms with E-state index in [1.165, 1.54) is 0 Å². The fraction of sp³-hybridized carbons (Fsp3) is 0.333. The van der Waals surface area contributed by atoms with Gasteiger partial charge in [-0.05, 0) is 12.5 Å². The SMILES string of the molecule is Clc1ccccc1B1OCCCO1. The van der Waals surface area contributed by atoms with Gasteiger partial charge in [0.25, 0.3) is 0 Å². The van der Waals surface area contributed by atoms with Gasteiger partial charge in [-0.15, -0.1) is 0 Å². The van der Waals surface area contributed by atoms with Crippen molar-refractivity contribution in [1.29, 1.82) is 0 Å². The summed E-state index contributed by atoms with van der Waals surface area (Å²) in [7, 11) is -0.276. The molecule has 2 nitrogen and oxygen atoms in total. The quantitative estimate of drug-likeness (QED) is 0.634. The summed E-state index contributed by atoms with van der Waals surface area (Å²) >= 11 is 6.00. The average Bonchev–Trinajstić information content (AvgIpc) is 2.20. The first-order valence-corrected chi connectivity index (χ1v) is 4.73. The Kier molecular flexibility index (Phi) is 2.88. The van der Waals surface area contributed by atoms with Gasteiger partial charge >= 0.3 is 7.12 Å². The van der Waals surface area contributed by atoms with Crippen molar-refractivity contribution in [2.24, 2.45) is 0 Å². The van der Waals surface area contributed by atoms with Crippen molar-refractivity contribution < 1.29 is 9.31 Å². The van der Waals surface area contributed by atoms with Crippen LogP contribution in [0.15, 0.2) is 24.3 Å². The van der Waals surface area contributed by atoms with Gasteiger partial charge in [-0.3, -0.25) is 0 Å². The second kappa shape index (κ2) is 4.14. The van der Waals surface area contributed by atoms with Crippen LogP contribution in [0.4, 0.5) is 0 Å². The fourth-order valence-corrected chi connectivity index (χ4v) is 1.56. The van der Waals surface area contributed by atoms with Crippen LogP contribution in [0.1, 0.15) is 6.42 Å². The largest absolute Gasteiger partial charge is 0.495 e. The lowest BCUT2D eigenvalue weighted by atomic mass is 9.78. The smallest absolute Gasteiger partial charge is 0.407 e. The molecule has 0 amide bonds. The van der Waals surface area contributed by atoms with Gasteiger partial charge in [-0.2, -0.15) is 0 Å². The van der Waals surface area contributed by atoms with E-state index < -0.39 is 0 Å². The third-order valence-electron chi connectivity index (χ3n) is 1.99. The van der Waals surface area contributed by atoms with Crippen molar-refractivity contribution in [3.8, 4) is 0 Å². The third-order valence-corrected chi connectivity index (χ3v) is 2.33. The Balaban J connectivity index is 2.18. The predicted octanol–water partition coefficient (Wildman–Crippen LogP) is 1.47. The van der Waals surface area contributed by atoms with Gasteiger partial charge in [0, 0.05) is 23.7 Å². The van der Waals surface area contributed by atoms with Crippen molar-refractivity contribution in [3.63, 3.8) is 0 Å². The predicted molar refractivity (Wildman–Crippen MR) is 53.4 cm³/mol. The molecule has 0 aromatic heterocycles. The average molecular weight is 196 g/mol. The molecule has 1 aromatic carbocycles. The molecule has 0 atom stereocenters. The maximum absolute atomic E-state index is 6.00. The lowest BCUT2D eigenvalue weighted by Crippen LogP contribution is -2.41. The van der Waals surface area contributed by atoms with Crippen LogP contribution in [0.5, 0.6) is 0 Å². The second-order valence-corrected chi connectivity index (χ2v) is 3.36. The maximum atomic E-state index is 6.00. The Hall–Kier alpha value is -0.505. The van der Waals surface area contributed by atoms with Crippen molar-refractivity contribution in [1.82, 2.24) is 0 Å². The summed E-state index contributed by atoms with van der Waals surface area (Å²) < 4.78 is 10.9. The monoisotopic (exact) mass is 196 g/mol. The number of benzene rings is 1. The molecular weight excluding hydrogens is 186 g/mol. The summed E-state index contributed by atoms with van der Waals surface area (Å²) in [6.07, 6.45) is 0.959. The first kappa shape index (κ1) is 9.07. The molecule has 0 N–H and O–H groups in total. The van der Waals surface area contributed by atoms with Gasteiger partial charge in [0.15, 0.2) is 0 Å². The van der Waals surface area contributed by atoms with Crippen molar-refractivity contribution in [2.45, 2.75) is 6.42 Å². The number of hydrogen-bond acceptors (Lipinski definition) is 2. The molecule has 2 rings (SSSR count). The molecule has 0 spiro atoms. The molecule has 1 aliphatic heterocycles. The fourth-order valence-electron chi connectivity index (χ4n) is 1.33. The van der Waals surface area contributed by atoms with Gasteiger partial charge in [-0.1, -0.05) is 29.8 Å². The summed E-state index contributed by atoms with van der Waals surface area (Å²) in [4.78, 5) is 0. The van der Waals surface area contributed by atoms with E-state index in [0.29, 0.717) is 5.02 Å². The highest BCUT2D eigenvalue weighted by atomic mass is 35.5. The lowest BCUT2D eigenvalue weighted by molar-refractivity contribution is 0.143. The van der Waals surface area contributed by atoms with Crippen LogP contribution in [0, 0.1) is 0 Å². The standard InChI is InChI=1S/C9H10BClO2/c11-9-5-2-1-4-8(9)10-12-6-3-7-13-10/h1-2,4-5H,3,6-7H2. The molecule has 0 saturated carbocycles. The molecule has 4 heteroatoms. The molecule has 68 valence electrons. The minimum Gasteiger partial charge on any atom is -0.407 e. The molecule has 1 heterocycles. The first-order chi connectivity index (χ1) is 6.38. The molecule has 0 bridgehead atoms. The normalized spacial score (nSPS) is 17.5. The summed E-state index contributed by atoms with van der Waals surface area (Å²) in [5.74, 6) is 0. The summed E-state index contributed by atoms with van der Waals surface area (Å²) in [5, 5.41) is 0.703. The van der Waals surface area contributed by atoms with Crippen molar-refractivity contribution in [3.05, 3.63) is 29.3 Å². The van der Waals surface area contributed by atoms with Crippen molar-refractivity contribution >= 4 is 24.2 Å². The Bertz CT molecular complexity index is 287. The van der Waals surface area contributed by atoms with Gasteiger partial charge in [0.1, 0.15) is 0 Å². The van der Waals surface area contributed by atoms with Crippen LogP contribution in [0.25, 0.3) is 0 Å². The minimum atomic E-state index is -0.276. The third kappa shape index (κ3) is 2.05. The van der Waals surface area contributed by atoms with Crippen LogP contribution in [-0.2, 0) is 9.31 Å². The van der Waals surface area contributed by atoms with Crippen LogP contribution in [-0.4, -0.2) is 20.3 Å². The maximum Gasteiger partial charge on any atom is 0.495 e. The van der Waals surface area contributed by atoms with Crippen LogP contribution >= 0.6 is 11.6 Å². The molecular formula is C9H10BClO2. The molecule has 1 saturated heterocycles. The lowest BCUT2D eigenvalue weighted by Gasteiger charge is -2.20. The van der Waals surface area contributed by atoms with Gasteiger partial charge in [0.05, 0.1) is 0 Å². The van der Waals surface area contributed by atoms with Crippen LogP contribution in [0.2, 0.25) is 5.02 Å². The Labute approximate surface area is 82.9 Å². The van der Waals surface area contributed by atoms with E-state index in [-0.39, 0.29) is 7.12 Å². The molecule has 0 radical (unpaired) electrons. The number of hydrogen-bond donors (Lipinski definition) is 0. The summed E-state index contributed by atoms with van der Waals surface area (Å²) in [6.45, 7) is 1.49. The highest BCUT2D eigenvalue weighted by molar-refractivity contribution is 6.65. The second-order valence-electron chi connectivity index (χ2n) is 2.95. The Morgan fingerprint density at radius 3 is 2.54 bits per heavy atom. The number of rotatable bonds is 1. The van der Waals surface area contributed by atoms with E-state index in [1.807, 2.05) is 24.3 Å². The molecule has 0 aliphatic carbocycles. The van der Waals surface area contributed by atoms with E-state index in [0.717, 1.165) is 25.1 Å². The summed E-state index contributed by atoms with van der Waals surface area (Å²) in [6, 6.07) is 7.60. The zero-order chi connectivity index (χ0) is 9.10. The van der Waals surface area contributed by atoms with E-state index in [4.69, 9.17) is 20.9 Å². The highest BCUT2D eigenvalue weighted by Gasteiger charge is 2.25. The Morgan fingerprint density at radius 2 is 1.85 bits per heavy atom.